The van der Waals surface area contributed by atoms with Gasteiger partial charge in [-0.15, -0.1) is 0 Å². The Morgan fingerprint density at radius 2 is 2.09 bits per heavy atom. The van der Waals surface area contributed by atoms with Crippen LogP contribution in [-0.2, 0) is 16.1 Å². The average Bonchev–Trinajstić information content (AvgIpc) is 3.24. The lowest BCUT2D eigenvalue weighted by Crippen LogP contribution is -2.30. The Kier molecular flexibility index (Phi) is 6.27. The van der Waals surface area contributed by atoms with Gasteiger partial charge in [-0.2, -0.15) is 4.98 Å². The summed E-state index contributed by atoms with van der Waals surface area (Å²) >= 11 is 0. The standard InChI is InChI=1S/C23H25N7O5/c1-34-19-6-3-15-23(28-19)29(21(33)11-25-15)8-2-7-24-10-14-9-20(32)30(12-14)17-5-4-16-22(26-17)27-18(31)13-35-16/h3-6,11,14,24H,2,7-10,12-13H2,1H3,(H,26,27,31)/t14-/m1/s1. The number of anilines is 2. The van der Waals surface area contributed by atoms with Crippen LogP contribution in [-0.4, -0.2) is 64.7 Å². The van der Waals surface area contributed by atoms with Gasteiger partial charge in [-0.25, -0.2) is 9.97 Å². The van der Waals surface area contributed by atoms with E-state index in [1.54, 1.807) is 33.7 Å². The zero-order chi connectivity index (χ0) is 24.4. The number of hydrogen-bond acceptors (Lipinski definition) is 9. The monoisotopic (exact) mass is 479 g/mol. The van der Waals surface area contributed by atoms with Crippen LogP contribution in [0.4, 0.5) is 11.6 Å². The second-order valence-electron chi connectivity index (χ2n) is 8.43. The van der Waals surface area contributed by atoms with Crippen molar-refractivity contribution in [1.82, 2.24) is 24.8 Å². The normalized spacial score (nSPS) is 17.3. The van der Waals surface area contributed by atoms with Crippen molar-refractivity contribution < 1.29 is 19.1 Å². The number of ether oxygens (including phenoxy) is 2. The fourth-order valence-electron chi connectivity index (χ4n) is 4.26. The van der Waals surface area contributed by atoms with Crippen LogP contribution in [0, 0.1) is 5.92 Å². The van der Waals surface area contributed by atoms with Crippen LogP contribution >= 0.6 is 0 Å². The predicted octanol–water partition coefficient (Wildman–Crippen LogP) is 0.559. The van der Waals surface area contributed by atoms with Crippen molar-refractivity contribution in [2.75, 3.05) is 43.6 Å². The lowest BCUT2D eigenvalue weighted by Gasteiger charge is -2.21. The van der Waals surface area contributed by atoms with Gasteiger partial charge < -0.3 is 20.1 Å². The number of amides is 2. The van der Waals surface area contributed by atoms with Crippen LogP contribution < -0.4 is 30.6 Å². The summed E-state index contributed by atoms with van der Waals surface area (Å²) in [4.78, 5) is 51.0. The summed E-state index contributed by atoms with van der Waals surface area (Å²) in [5, 5.41) is 6.05. The molecule has 0 unspecified atom stereocenters. The molecule has 3 aromatic rings. The van der Waals surface area contributed by atoms with Gasteiger partial charge in [0.2, 0.25) is 11.8 Å². The fraction of sp³-hybridized carbons (Fsp3) is 0.391. The zero-order valence-corrected chi connectivity index (χ0v) is 19.2. The number of rotatable bonds is 8. The van der Waals surface area contributed by atoms with E-state index in [0.29, 0.717) is 73.4 Å². The molecule has 12 heteroatoms. The molecular formula is C23H25N7O5. The van der Waals surface area contributed by atoms with Gasteiger partial charge >= 0.3 is 0 Å². The number of methoxy groups -OCH3 is 1. The van der Waals surface area contributed by atoms with Gasteiger partial charge in [-0.3, -0.25) is 23.9 Å². The molecule has 3 aromatic heterocycles. The number of hydrogen-bond donors (Lipinski definition) is 2. The van der Waals surface area contributed by atoms with Gasteiger partial charge in [-0.05, 0) is 37.1 Å². The SMILES string of the molecule is COc1ccc2ncc(=O)n(CCCNC[C@H]3CC(=O)N(c4ccc5c(n4)NC(=O)CO5)C3)c2n1. The largest absolute Gasteiger partial charge is 0.481 e. The number of aryl methyl sites for hydroxylation is 1. The Morgan fingerprint density at radius 1 is 1.20 bits per heavy atom. The van der Waals surface area contributed by atoms with E-state index in [0.717, 1.165) is 0 Å². The Hall–Kier alpha value is -4.06. The minimum absolute atomic E-state index is 0.0119. The van der Waals surface area contributed by atoms with Crippen molar-refractivity contribution in [2.24, 2.45) is 5.92 Å². The second kappa shape index (κ2) is 9.66. The summed E-state index contributed by atoms with van der Waals surface area (Å²) in [6.07, 6.45) is 2.41. The molecule has 0 aliphatic carbocycles. The van der Waals surface area contributed by atoms with Crippen LogP contribution in [0.15, 0.2) is 35.3 Å². The molecule has 1 fully saturated rings. The molecule has 0 spiro atoms. The molecule has 2 aliphatic rings. The smallest absolute Gasteiger partial charge is 0.270 e. The molecule has 0 bridgehead atoms. The molecule has 182 valence electrons. The lowest BCUT2D eigenvalue weighted by molar-refractivity contribution is -0.118. The van der Waals surface area contributed by atoms with Gasteiger partial charge in [-0.1, -0.05) is 0 Å². The second-order valence-corrected chi connectivity index (χ2v) is 8.43. The molecule has 0 saturated carbocycles. The number of carbonyl (C=O) groups excluding carboxylic acids is 2. The minimum atomic E-state index is -0.270. The number of carbonyl (C=O) groups is 2. The van der Waals surface area contributed by atoms with E-state index >= 15 is 0 Å². The van der Waals surface area contributed by atoms with Crippen LogP contribution in [0.5, 0.6) is 11.6 Å². The van der Waals surface area contributed by atoms with E-state index in [1.165, 1.54) is 13.3 Å². The van der Waals surface area contributed by atoms with Crippen molar-refractivity contribution in [3.05, 3.63) is 40.8 Å². The summed E-state index contributed by atoms with van der Waals surface area (Å²) in [7, 11) is 1.53. The maximum Gasteiger partial charge on any atom is 0.270 e. The van der Waals surface area contributed by atoms with E-state index < -0.39 is 0 Å². The number of fused-ring (bicyclic) bond motifs is 2. The molecule has 5 rings (SSSR count). The van der Waals surface area contributed by atoms with Gasteiger partial charge in [0, 0.05) is 32.1 Å². The number of pyridine rings is 2. The summed E-state index contributed by atoms with van der Waals surface area (Å²) in [6, 6.07) is 6.92. The van der Waals surface area contributed by atoms with Crippen molar-refractivity contribution in [1.29, 1.82) is 0 Å². The highest BCUT2D eigenvalue weighted by molar-refractivity contribution is 5.97. The first-order valence-electron chi connectivity index (χ1n) is 11.4. The molecule has 35 heavy (non-hydrogen) atoms. The van der Waals surface area contributed by atoms with E-state index in [2.05, 4.69) is 25.6 Å². The highest BCUT2D eigenvalue weighted by Crippen LogP contribution is 2.31. The average molecular weight is 479 g/mol. The predicted molar refractivity (Wildman–Crippen MR) is 127 cm³/mol. The van der Waals surface area contributed by atoms with E-state index in [1.807, 2.05) is 0 Å². The molecule has 12 nitrogen and oxygen atoms in total. The Labute approximate surface area is 200 Å². The first-order valence-corrected chi connectivity index (χ1v) is 11.4. The molecule has 2 amide bonds. The van der Waals surface area contributed by atoms with Crippen molar-refractivity contribution in [3.63, 3.8) is 0 Å². The quantitative estimate of drug-likeness (QED) is 0.443. The summed E-state index contributed by atoms with van der Waals surface area (Å²) in [5.41, 5.74) is 0.910. The zero-order valence-electron chi connectivity index (χ0n) is 19.2. The van der Waals surface area contributed by atoms with E-state index in [-0.39, 0.29) is 29.9 Å². The number of nitrogens with zero attached hydrogens (tertiary/aromatic N) is 5. The van der Waals surface area contributed by atoms with Crippen molar-refractivity contribution in [3.8, 4) is 11.6 Å². The van der Waals surface area contributed by atoms with Gasteiger partial charge in [0.15, 0.2) is 23.8 Å². The summed E-state index contributed by atoms with van der Waals surface area (Å²) < 4.78 is 12.1. The van der Waals surface area contributed by atoms with Gasteiger partial charge in [0.25, 0.3) is 11.5 Å². The third-order valence-electron chi connectivity index (χ3n) is 5.98. The van der Waals surface area contributed by atoms with Gasteiger partial charge in [0.1, 0.15) is 11.3 Å². The highest BCUT2D eigenvalue weighted by atomic mass is 16.5. The Morgan fingerprint density at radius 3 is 2.94 bits per heavy atom. The topological polar surface area (TPSA) is 141 Å². The molecule has 1 atom stereocenters. The number of nitrogens with one attached hydrogen (secondary N) is 2. The van der Waals surface area contributed by atoms with Crippen LogP contribution in [0.3, 0.4) is 0 Å². The third-order valence-corrected chi connectivity index (χ3v) is 5.98. The molecule has 0 radical (unpaired) electrons. The number of aromatic nitrogens is 4. The third kappa shape index (κ3) is 4.78. The highest BCUT2D eigenvalue weighted by Gasteiger charge is 2.32. The first kappa shape index (κ1) is 22.7. The minimum Gasteiger partial charge on any atom is -0.481 e. The van der Waals surface area contributed by atoms with Gasteiger partial charge in [0.05, 0.1) is 13.3 Å². The molecule has 2 N–H and O–H groups in total. The summed E-state index contributed by atoms with van der Waals surface area (Å²) in [6.45, 7) is 2.30. The van der Waals surface area contributed by atoms with Crippen molar-refractivity contribution >= 4 is 34.6 Å². The van der Waals surface area contributed by atoms with E-state index in [4.69, 9.17) is 9.47 Å². The van der Waals surface area contributed by atoms with Crippen LogP contribution in [0.1, 0.15) is 12.8 Å². The lowest BCUT2D eigenvalue weighted by atomic mass is 10.1. The maximum absolute atomic E-state index is 12.6. The summed E-state index contributed by atoms with van der Waals surface area (Å²) in [5.74, 6) is 1.59. The first-order chi connectivity index (χ1) is 17.0. The molecule has 2 aliphatic heterocycles. The van der Waals surface area contributed by atoms with Crippen LogP contribution in [0.2, 0.25) is 0 Å². The van der Waals surface area contributed by atoms with Crippen LogP contribution in [0.25, 0.3) is 11.2 Å². The van der Waals surface area contributed by atoms with E-state index in [9.17, 15) is 14.4 Å². The molecule has 0 aromatic carbocycles. The maximum atomic E-state index is 12.6. The fourth-order valence-corrected chi connectivity index (χ4v) is 4.26. The Balaban J connectivity index is 1.14. The molecule has 5 heterocycles. The molecular weight excluding hydrogens is 454 g/mol. The molecule has 1 saturated heterocycles. The van der Waals surface area contributed by atoms with Crippen molar-refractivity contribution in [2.45, 2.75) is 19.4 Å². The Bertz CT molecular complexity index is 1340.